The Kier molecular flexibility index (Phi) is 10.2. The minimum Gasteiger partial charge on any atom is -0.461 e. The number of hydrogen-bond donors (Lipinski definition) is 2. The number of carbonyl (C=O) groups is 1. The van der Waals surface area contributed by atoms with Gasteiger partial charge in [-0.25, -0.2) is 4.79 Å². The standard InChI is InChI=1S/C17H30N2O4/c1-3-22-11-6-12-23-17(20)16(18)14-7-4-8-15(13-14)19-9-5-10-21-2/h13,19H,3-12,18H2,1-2H3/b16-14+. The van der Waals surface area contributed by atoms with Gasteiger partial charge in [0.25, 0.3) is 0 Å². The van der Waals surface area contributed by atoms with Gasteiger partial charge in [-0.3, -0.25) is 0 Å². The first-order chi connectivity index (χ1) is 11.2. The summed E-state index contributed by atoms with van der Waals surface area (Å²) in [7, 11) is 1.70. The number of esters is 1. The zero-order valence-corrected chi connectivity index (χ0v) is 14.4. The third-order valence-electron chi connectivity index (χ3n) is 3.55. The Bertz CT molecular complexity index is 419. The van der Waals surface area contributed by atoms with Crippen molar-refractivity contribution in [3.63, 3.8) is 0 Å². The Morgan fingerprint density at radius 3 is 2.83 bits per heavy atom. The molecule has 23 heavy (non-hydrogen) atoms. The molecular weight excluding hydrogens is 296 g/mol. The van der Waals surface area contributed by atoms with Gasteiger partial charge in [-0.05, 0) is 44.3 Å². The van der Waals surface area contributed by atoms with Gasteiger partial charge in [0.05, 0.1) is 6.61 Å². The number of allylic oxidation sites excluding steroid dienone is 3. The summed E-state index contributed by atoms with van der Waals surface area (Å²) < 4.78 is 15.4. The van der Waals surface area contributed by atoms with E-state index in [1.54, 1.807) is 7.11 Å². The van der Waals surface area contributed by atoms with Gasteiger partial charge in [-0.2, -0.15) is 0 Å². The fourth-order valence-corrected chi connectivity index (χ4v) is 2.32. The van der Waals surface area contributed by atoms with Gasteiger partial charge >= 0.3 is 5.97 Å². The summed E-state index contributed by atoms with van der Waals surface area (Å²) in [5.41, 5.74) is 8.15. The number of nitrogens with one attached hydrogen (secondary N) is 1. The number of ether oxygens (including phenoxy) is 3. The molecule has 1 rings (SSSR count). The number of carbonyl (C=O) groups excluding carboxylic acids is 1. The average molecular weight is 326 g/mol. The van der Waals surface area contributed by atoms with Crippen LogP contribution in [-0.2, 0) is 19.0 Å². The smallest absolute Gasteiger partial charge is 0.354 e. The van der Waals surface area contributed by atoms with E-state index in [0.29, 0.717) is 26.2 Å². The zero-order valence-electron chi connectivity index (χ0n) is 14.4. The number of methoxy groups -OCH3 is 1. The first-order valence-electron chi connectivity index (χ1n) is 8.35. The van der Waals surface area contributed by atoms with Gasteiger partial charge in [-0.1, -0.05) is 0 Å². The van der Waals surface area contributed by atoms with Gasteiger partial charge in [-0.15, -0.1) is 0 Å². The number of rotatable bonds is 11. The maximum absolute atomic E-state index is 12.0. The summed E-state index contributed by atoms with van der Waals surface area (Å²) in [6, 6.07) is 0. The van der Waals surface area contributed by atoms with Gasteiger partial charge in [0.1, 0.15) is 5.70 Å². The SMILES string of the molecule is CCOCCCOC(=O)/C(N)=C1\C=C(NCCCOC)CCC1. The van der Waals surface area contributed by atoms with Crippen molar-refractivity contribution in [2.75, 3.05) is 40.1 Å². The summed E-state index contributed by atoms with van der Waals surface area (Å²) >= 11 is 0. The highest BCUT2D eigenvalue weighted by molar-refractivity contribution is 5.88. The summed E-state index contributed by atoms with van der Waals surface area (Å²) in [4.78, 5) is 12.0. The van der Waals surface area contributed by atoms with Crippen molar-refractivity contribution < 1.29 is 19.0 Å². The molecule has 0 saturated carbocycles. The minimum absolute atomic E-state index is 0.220. The first kappa shape index (κ1) is 19.5. The van der Waals surface area contributed by atoms with Crippen LogP contribution in [-0.4, -0.2) is 46.1 Å². The van der Waals surface area contributed by atoms with Crippen molar-refractivity contribution >= 4 is 5.97 Å². The summed E-state index contributed by atoms with van der Waals surface area (Å²) in [5, 5.41) is 3.37. The Labute approximate surface area is 139 Å². The molecule has 0 aliphatic heterocycles. The Balaban J connectivity index is 2.45. The Hall–Kier alpha value is -1.53. The summed E-state index contributed by atoms with van der Waals surface area (Å²) in [6.45, 7) is 5.12. The van der Waals surface area contributed by atoms with E-state index in [-0.39, 0.29) is 5.70 Å². The van der Waals surface area contributed by atoms with E-state index in [0.717, 1.165) is 50.1 Å². The highest BCUT2D eigenvalue weighted by Gasteiger charge is 2.16. The molecule has 0 fully saturated rings. The predicted octanol–water partition coefficient (Wildman–Crippen LogP) is 1.86. The van der Waals surface area contributed by atoms with E-state index >= 15 is 0 Å². The fraction of sp³-hybridized carbons (Fsp3) is 0.706. The van der Waals surface area contributed by atoms with Crippen LogP contribution in [0.5, 0.6) is 0 Å². The lowest BCUT2D eigenvalue weighted by Crippen LogP contribution is -2.22. The Morgan fingerprint density at radius 2 is 2.09 bits per heavy atom. The molecule has 1 aliphatic rings. The molecule has 1 aliphatic carbocycles. The van der Waals surface area contributed by atoms with E-state index < -0.39 is 5.97 Å². The highest BCUT2D eigenvalue weighted by atomic mass is 16.5. The molecule has 6 nitrogen and oxygen atoms in total. The van der Waals surface area contributed by atoms with Gasteiger partial charge in [0.15, 0.2) is 0 Å². The maximum Gasteiger partial charge on any atom is 0.354 e. The first-order valence-corrected chi connectivity index (χ1v) is 8.35. The van der Waals surface area contributed by atoms with E-state index in [9.17, 15) is 4.79 Å². The molecular formula is C17H30N2O4. The van der Waals surface area contributed by atoms with Crippen molar-refractivity contribution in [2.45, 2.75) is 39.0 Å². The third-order valence-corrected chi connectivity index (χ3v) is 3.55. The van der Waals surface area contributed by atoms with E-state index in [1.165, 1.54) is 0 Å². The lowest BCUT2D eigenvalue weighted by atomic mass is 9.97. The molecule has 6 heteroatoms. The number of nitrogens with two attached hydrogens (primary N) is 1. The predicted molar refractivity (Wildman–Crippen MR) is 89.7 cm³/mol. The van der Waals surface area contributed by atoms with Crippen LogP contribution in [0.3, 0.4) is 0 Å². The molecule has 0 aromatic rings. The lowest BCUT2D eigenvalue weighted by molar-refractivity contribution is -0.139. The van der Waals surface area contributed by atoms with Crippen LogP contribution >= 0.6 is 0 Å². The average Bonchev–Trinajstić information content (AvgIpc) is 2.58. The van der Waals surface area contributed by atoms with Crippen LogP contribution < -0.4 is 11.1 Å². The van der Waals surface area contributed by atoms with E-state index in [4.69, 9.17) is 19.9 Å². The summed E-state index contributed by atoms with van der Waals surface area (Å²) in [5.74, 6) is -0.437. The molecule has 0 atom stereocenters. The van der Waals surface area contributed by atoms with Crippen molar-refractivity contribution in [2.24, 2.45) is 5.73 Å². The molecule has 0 heterocycles. The molecule has 3 N–H and O–H groups in total. The monoisotopic (exact) mass is 326 g/mol. The van der Waals surface area contributed by atoms with Crippen molar-refractivity contribution in [1.29, 1.82) is 0 Å². The fourth-order valence-electron chi connectivity index (χ4n) is 2.32. The Morgan fingerprint density at radius 1 is 1.26 bits per heavy atom. The molecule has 132 valence electrons. The van der Waals surface area contributed by atoms with E-state index in [1.807, 2.05) is 13.0 Å². The van der Waals surface area contributed by atoms with Crippen LogP contribution in [0.2, 0.25) is 0 Å². The molecule has 0 unspecified atom stereocenters. The lowest BCUT2D eigenvalue weighted by Gasteiger charge is -2.18. The van der Waals surface area contributed by atoms with Gasteiger partial charge in [0.2, 0.25) is 0 Å². The van der Waals surface area contributed by atoms with Gasteiger partial charge < -0.3 is 25.3 Å². The second-order valence-corrected chi connectivity index (χ2v) is 5.42. The number of hydrogen-bond acceptors (Lipinski definition) is 6. The zero-order chi connectivity index (χ0) is 16.9. The molecule has 0 aromatic heterocycles. The van der Waals surface area contributed by atoms with Crippen LogP contribution in [0.1, 0.15) is 39.0 Å². The highest BCUT2D eigenvalue weighted by Crippen LogP contribution is 2.22. The van der Waals surface area contributed by atoms with Crippen LogP contribution in [0.25, 0.3) is 0 Å². The van der Waals surface area contributed by atoms with Crippen LogP contribution in [0, 0.1) is 0 Å². The molecule has 0 radical (unpaired) electrons. The largest absolute Gasteiger partial charge is 0.461 e. The van der Waals surface area contributed by atoms with Crippen LogP contribution in [0.4, 0.5) is 0 Å². The van der Waals surface area contributed by atoms with Gasteiger partial charge in [0, 0.05) is 45.6 Å². The summed E-state index contributed by atoms with van der Waals surface area (Å²) in [6.07, 6.45) is 6.38. The normalized spacial score (nSPS) is 16.7. The minimum atomic E-state index is -0.437. The molecule has 0 spiro atoms. The van der Waals surface area contributed by atoms with Crippen molar-refractivity contribution in [3.8, 4) is 0 Å². The maximum atomic E-state index is 12.0. The quantitative estimate of drug-likeness (QED) is 0.343. The molecule has 0 bridgehead atoms. The molecule has 0 aromatic carbocycles. The van der Waals surface area contributed by atoms with Crippen LogP contribution in [0.15, 0.2) is 23.0 Å². The second-order valence-electron chi connectivity index (χ2n) is 5.42. The second kappa shape index (κ2) is 12.0. The topological polar surface area (TPSA) is 82.8 Å². The molecule has 0 amide bonds. The third kappa shape index (κ3) is 8.04. The van der Waals surface area contributed by atoms with E-state index in [2.05, 4.69) is 5.32 Å². The van der Waals surface area contributed by atoms with Crippen molar-refractivity contribution in [1.82, 2.24) is 5.32 Å². The van der Waals surface area contributed by atoms with Crippen molar-refractivity contribution in [3.05, 3.63) is 23.0 Å². The molecule has 0 saturated heterocycles.